The Morgan fingerprint density at radius 2 is 1.71 bits per heavy atom. The molecule has 24 heavy (non-hydrogen) atoms. The number of hydrogen-bond donors (Lipinski definition) is 0. The van der Waals surface area contributed by atoms with Gasteiger partial charge >= 0.3 is 0 Å². The fraction of sp³-hybridized carbons (Fsp3) is 0.0500. The first-order valence-electron chi connectivity index (χ1n) is 7.47. The topological polar surface area (TPSA) is 21.6 Å². The van der Waals surface area contributed by atoms with Crippen LogP contribution in [0.3, 0.4) is 0 Å². The van der Waals surface area contributed by atoms with Crippen LogP contribution in [0.2, 0.25) is 5.02 Å². The van der Waals surface area contributed by atoms with Crippen molar-refractivity contribution < 1.29 is 9.13 Å². The lowest BCUT2D eigenvalue weighted by molar-refractivity contribution is 0.300. The highest BCUT2D eigenvalue weighted by atomic mass is 35.5. The zero-order valence-corrected chi connectivity index (χ0v) is 13.6. The molecule has 0 radical (unpaired) electrons. The van der Waals surface area contributed by atoms with E-state index in [0.717, 1.165) is 11.3 Å². The smallest absolute Gasteiger partial charge is 0.138 e. The monoisotopic (exact) mass is 339 g/mol. The van der Waals surface area contributed by atoms with Crippen molar-refractivity contribution in [1.29, 1.82) is 0 Å². The van der Waals surface area contributed by atoms with Crippen LogP contribution >= 0.6 is 11.6 Å². The molecule has 0 spiro atoms. The van der Waals surface area contributed by atoms with Crippen LogP contribution in [0.15, 0.2) is 77.8 Å². The van der Waals surface area contributed by atoms with Gasteiger partial charge in [0, 0.05) is 11.8 Å². The molecular weight excluding hydrogens is 325 g/mol. The molecule has 0 saturated carbocycles. The first-order valence-corrected chi connectivity index (χ1v) is 7.85. The summed E-state index contributed by atoms with van der Waals surface area (Å²) in [5.41, 5.74) is 2.22. The zero-order valence-electron chi connectivity index (χ0n) is 12.8. The summed E-state index contributed by atoms with van der Waals surface area (Å²) in [6, 6.07) is 21.5. The Morgan fingerprint density at radius 1 is 0.958 bits per heavy atom. The Morgan fingerprint density at radius 3 is 2.46 bits per heavy atom. The van der Waals surface area contributed by atoms with Crippen molar-refractivity contribution in [3.8, 4) is 5.75 Å². The number of hydrogen-bond acceptors (Lipinski definition) is 2. The molecule has 0 aromatic heterocycles. The van der Waals surface area contributed by atoms with Gasteiger partial charge in [-0.25, -0.2) is 4.39 Å². The molecule has 3 aromatic rings. The normalized spacial score (nSPS) is 10.9. The standard InChI is InChI=1S/C20H15ClFNO/c21-18-12-15(13-23-17-7-2-1-3-8-17)10-11-20(18)24-14-16-6-4-5-9-19(16)22/h1-13H,14H2. The van der Waals surface area contributed by atoms with Gasteiger partial charge in [0.15, 0.2) is 0 Å². The number of rotatable bonds is 5. The minimum Gasteiger partial charge on any atom is -0.487 e. The Hall–Kier alpha value is -2.65. The van der Waals surface area contributed by atoms with E-state index in [1.54, 1.807) is 36.5 Å². The van der Waals surface area contributed by atoms with Crippen molar-refractivity contribution in [3.05, 3.63) is 94.8 Å². The van der Waals surface area contributed by atoms with E-state index in [-0.39, 0.29) is 12.4 Å². The Balaban J connectivity index is 1.69. The average molecular weight is 340 g/mol. The molecule has 0 bridgehead atoms. The molecule has 0 N–H and O–H groups in total. The lowest BCUT2D eigenvalue weighted by atomic mass is 10.2. The van der Waals surface area contributed by atoms with E-state index in [9.17, 15) is 4.39 Å². The van der Waals surface area contributed by atoms with Crippen molar-refractivity contribution >= 4 is 23.5 Å². The van der Waals surface area contributed by atoms with Gasteiger partial charge in [0.25, 0.3) is 0 Å². The number of benzene rings is 3. The summed E-state index contributed by atoms with van der Waals surface area (Å²) < 4.78 is 19.2. The van der Waals surface area contributed by atoms with Crippen molar-refractivity contribution in [2.75, 3.05) is 0 Å². The van der Waals surface area contributed by atoms with Gasteiger partial charge in [-0.1, -0.05) is 48.0 Å². The van der Waals surface area contributed by atoms with Gasteiger partial charge in [0.05, 0.1) is 10.7 Å². The summed E-state index contributed by atoms with van der Waals surface area (Å²) >= 11 is 6.24. The third-order valence-corrected chi connectivity index (χ3v) is 3.71. The summed E-state index contributed by atoms with van der Waals surface area (Å²) in [6.45, 7) is 0.129. The summed E-state index contributed by atoms with van der Waals surface area (Å²) in [7, 11) is 0. The summed E-state index contributed by atoms with van der Waals surface area (Å²) in [5, 5.41) is 0.461. The van der Waals surface area contributed by atoms with E-state index in [4.69, 9.17) is 16.3 Å². The average Bonchev–Trinajstić information content (AvgIpc) is 2.61. The molecule has 3 aromatic carbocycles. The SMILES string of the molecule is Fc1ccccc1COc1ccc(C=Nc2ccccc2)cc1Cl. The summed E-state index contributed by atoms with van der Waals surface area (Å²) in [4.78, 5) is 4.38. The first-order chi connectivity index (χ1) is 11.7. The fourth-order valence-electron chi connectivity index (χ4n) is 2.15. The second kappa shape index (κ2) is 7.75. The van der Waals surface area contributed by atoms with E-state index in [0.29, 0.717) is 16.3 Å². The highest BCUT2D eigenvalue weighted by molar-refractivity contribution is 6.32. The van der Waals surface area contributed by atoms with E-state index in [1.807, 2.05) is 36.4 Å². The summed E-state index contributed by atoms with van der Waals surface area (Å²) in [5.74, 6) is 0.219. The van der Waals surface area contributed by atoms with Crippen molar-refractivity contribution in [2.24, 2.45) is 4.99 Å². The maximum Gasteiger partial charge on any atom is 0.138 e. The first kappa shape index (κ1) is 16.2. The molecule has 0 amide bonds. The molecule has 0 atom stereocenters. The van der Waals surface area contributed by atoms with Gasteiger partial charge in [-0.15, -0.1) is 0 Å². The molecule has 0 heterocycles. The molecule has 0 unspecified atom stereocenters. The minimum atomic E-state index is -0.291. The van der Waals surface area contributed by atoms with Gasteiger partial charge < -0.3 is 4.74 Å². The predicted octanol–water partition coefficient (Wildman–Crippen LogP) is 5.81. The lowest BCUT2D eigenvalue weighted by Crippen LogP contribution is -1.99. The van der Waals surface area contributed by atoms with Gasteiger partial charge in [-0.05, 0) is 42.0 Å². The number of nitrogens with zero attached hydrogens (tertiary/aromatic N) is 1. The summed E-state index contributed by atoms with van der Waals surface area (Å²) in [6.07, 6.45) is 1.74. The molecule has 0 fully saturated rings. The second-order valence-electron chi connectivity index (χ2n) is 5.16. The molecule has 0 aliphatic rings. The van der Waals surface area contributed by atoms with E-state index < -0.39 is 0 Å². The third-order valence-electron chi connectivity index (χ3n) is 3.42. The maximum absolute atomic E-state index is 13.6. The van der Waals surface area contributed by atoms with Crippen molar-refractivity contribution in [1.82, 2.24) is 0 Å². The van der Waals surface area contributed by atoms with Crippen LogP contribution in [-0.4, -0.2) is 6.21 Å². The van der Waals surface area contributed by atoms with Crippen LogP contribution in [-0.2, 0) is 6.61 Å². The van der Waals surface area contributed by atoms with E-state index in [2.05, 4.69) is 4.99 Å². The van der Waals surface area contributed by atoms with Crippen molar-refractivity contribution in [3.63, 3.8) is 0 Å². The highest BCUT2D eigenvalue weighted by Crippen LogP contribution is 2.26. The van der Waals surface area contributed by atoms with Crippen LogP contribution in [0.5, 0.6) is 5.75 Å². The Bertz CT molecular complexity index is 849. The van der Waals surface area contributed by atoms with Crippen LogP contribution in [0, 0.1) is 5.82 Å². The molecule has 0 saturated heterocycles. The van der Waals surface area contributed by atoms with Gasteiger partial charge in [-0.2, -0.15) is 0 Å². The number of halogens is 2. The molecular formula is C20H15ClFNO. The number of aliphatic imine (C=N–C) groups is 1. The minimum absolute atomic E-state index is 0.129. The molecule has 4 heteroatoms. The Labute approximate surface area is 145 Å². The quantitative estimate of drug-likeness (QED) is 0.537. The second-order valence-corrected chi connectivity index (χ2v) is 5.57. The molecule has 2 nitrogen and oxygen atoms in total. The van der Waals surface area contributed by atoms with Crippen LogP contribution in [0.4, 0.5) is 10.1 Å². The van der Waals surface area contributed by atoms with E-state index in [1.165, 1.54) is 6.07 Å². The predicted molar refractivity (Wildman–Crippen MR) is 95.9 cm³/mol. The molecule has 3 rings (SSSR count). The van der Waals surface area contributed by atoms with Crippen molar-refractivity contribution in [2.45, 2.75) is 6.61 Å². The zero-order chi connectivity index (χ0) is 16.8. The third kappa shape index (κ3) is 4.21. The molecule has 0 aliphatic heterocycles. The number of para-hydroxylation sites is 1. The highest BCUT2D eigenvalue weighted by Gasteiger charge is 2.05. The van der Waals surface area contributed by atoms with Crippen LogP contribution < -0.4 is 4.74 Å². The van der Waals surface area contributed by atoms with Crippen LogP contribution in [0.25, 0.3) is 0 Å². The maximum atomic E-state index is 13.6. The molecule has 120 valence electrons. The number of ether oxygens (including phenoxy) is 1. The fourth-order valence-corrected chi connectivity index (χ4v) is 2.39. The largest absolute Gasteiger partial charge is 0.487 e. The Kier molecular flexibility index (Phi) is 5.24. The van der Waals surface area contributed by atoms with Gasteiger partial charge in [-0.3, -0.25) is 4.99 Å². The van der Waals surface area contributed by atoms with E-state index >= 15 is 0 Å². The lowest BCUT2D eigenvalue weighted by Gasteiger charge is -2.09. The molecule has 0 aliphatic carbocycles. The van der Waals surface area contributed by atoms with Crippen LogP contribution in [0.1, 0.15) is 11.1 Å². The van der Waals surface area contributed by atoms with Gasteiger partial charge in [0.1, 0.15) is 18.2 Å². The van der Waals surface area contributed by atoms with Gasteiger partial charge in [0.2, 0.25) is 0 Å².